The molecule has 0 aromatic heterocycles. The van der Waals surface area contributed by atoms with Gasteiger partial charge in [0.2, 0.25) is 0 Å². The minimum absolute atomic E-state index is 0.226. The zero-order chi connectivity index (χ0) is 17.2. The number of methoxy groups -OCH3 is 1. The van der Waals surface area contributed by atoms with E-state index < -0.39 is 0 Å². The van der Waals surface area contributed by atoms with E-state index >= 15 is 0 Å². The number of carbonyl (C=O) groups excluding carboxylic acids is 1. The number of hydrogen-bond acceptors (Lipinski definition) is 4. The number of nitrogens with one attached hydrogen (secondary N) is 1. The van der Waals surface area contributed by atoms with E-state index in [1.165, 1.54) is 0 Å². The topological polar surface area (TPSA) is 56.8 Å². The van der Waals surface area contributed by atoms with E-state index in [1.54, 1.807) is 25.3 Å². The van der Waals surface area contributed by atoms with E-state index in [1.807, 2.05) is 37.3 Å². The van der Waals surface area contributed by atoms with Gasteiger partial charge in [-0.1, -0.05) is 25.1 Å². The molecule has 2 rings (SSSR count). The molecule has 0 saturated heterocycles. The minimum Gasteiger partial charge on any atom is -0.494 e. The lowest BCUT2D eigenvalue weighted by Crippen LogP contribution is -2.15. The first-order valence-electron chi connectivity index (χ1n) is 7.99. The summed E-state index contributed by atoms with van der Waals surface area (Å²) in [4.78, 5) is 12.5. The van der Waals surface area contributed by atoms with E-state index in [9.17, 15) is 4.79 Å². The van der Waals surface area contributed by atoms with E-state index in [-0.39, 0.29) is 5.91 Å². The predicted molar refractivity (Wildman–Crippen MR) is 94.0 cm³/mol. The van der Waals surface area contributed by atoms with Crippen molar-refractivity contribution in [3.05, 3.63) is 54.1 Å². The summed E-state index contributed by atoms with van der Waals surface area (Å²) in [6, 6.07) is 14.5. The zero-order valence-corrected chi connectivity index (χ0v) is 14.1. The van der Waals surface area contributed by atoms with Crippen molar-refractivity contribution >= 4 is 11.6 Å². The molecule has 5 nitrogen and oxygen atoms in total. The molecule has 0 aliphatic heterocycles. The molecule has 2 aromatic carbocycles. The molecule has 24 heavy (non-hydrogen) atoms. The summed E-state index contributed by atoms with van der Waals surface area (Å²) in [6.07, 6.45) is 0.933. The van der Waals surface area contributed by atoms with Crippen LogP contribution in [0.4, 0.5) is 5.69 Å². The van der Waals surface area contributed by atoms with Gasteiger partial charge in [0.1, 0.15) is 18.1 Å². The molecular formula is C19H23NO4. The minimum atomic E-state index is -0.226. The van der Waals surface area contributed by atoms with E-state index in [4.69, 9.17) is 14.2 Å². The Morgan fingerprint density at radius 2 is 1.83 bits per heavy atom. The number of ether oxygens (including phenoxy) is 3. The lowest BCUT2D eigenvalue weighted by Gasteiger charge is -2.12. The lowest BCUT2D eigenvalue weighted by atomic mass is 10.2. The average molecular weight is 329 g/mol. The molecule has 0 radical (unpaired) electrons. The molecule has 0 saturated carbocycles. The third kappa shape index (κ3) is 5.28. The molecule has 0 atom stereocenters. The summed E-state index contributed by atoms with van der Waals surface area (Å²) >= 11 is 0. The fourth-order valence-corrected chi connectivity index (χ4v) is 2.10. The van der Waals surface area contributed by atoms with Crippen molar-refractivity contribution in [2.24, 2.45) is 0 Å². The maximum absolute atomic E-state index is 12.5. The van der Waals surface area contributed by atoms with Gasteiger partial charge in [-0.05, 0) is 30.7 Å². The highest BCUT2D eigenvalue weighted by Crippen LogP contribution is 2.22. The number of amides is 1. The Morgan fingerprint density at radius 3 is 2.62 bits per heavy atom. The van der Waals surface area contributed by atoms with Crippen LogP contribution in [-0.4, -0.2) is 32.8 Å². The van der Waals surface area contributed by atoms with Crippen molar-refractivity contribution in [2.75, 3.05) is 32.2 Å². The number of para-hydroxylation sites is 1. The molecule has 0 spiro atoms. The molecule has 0 unspecified atom stereocenters. The molecule has 2 aromatic rings. The Bertz CT molecular complexity index is 657. The van der Waals surface area contributed by atoms with Crippen LogP contribution < -0.4 is 14.8 Å². The Labute approximate surface area is 142 Å². The molecule has 5 heteroatoms. The van der Waals surface area contributed by atoms with Crippen LogP contribution in [-0.2, 0) is 4.74 Å². The second kappa shape index (κ2) is 9.57. The Hall–Kier alpha value is -2.53. The maximum atomic E-state index is 12.5. The first-order chi connectivity index (χ1) is 11.7. The van der Waals surface area contributed by atoms with E-state index in [0.29, 0.717) is 36.8 Å². The predicted octanol–water partition coefficient (Wildman–Crippen LogP) is 3.75. The third-order valence-electron chi connectivity index (χ3n) is 3.24. The van der Waals surface area contributed by atoms with Crippen LogP contribution in [0.15, 0.2) is 48.5 Å². The largest absolute Gasteiger partial charge is 0.494 e. The summed E-state index contributed by atoms with van der Waals surface area (Å²) in [6.45, 7) is 3.55. The van der Waals surface area contributed by atoms with Crippen molar-refractivity contribution in [2.45, 2.75) is 13.3 Å². The first-order valence-corrected chi connectivity index (χ1v) is 7.99. The monoisotopic (exact) mass is 329 g/mol. The molecule has 1 amide bonds. The van der Waals surface area contributed by atoms with Crippen molar-refractivity contribution in [1.29, 1.82) is 0 Å². The molecule has 128 valence electrons. The van der Waals surface area contributed by atoms with Crippen LogP contribution >= 0.6 is 0 Å². The van der Waals surface area contributed by atoms with Crippen molar-refractivity contribution in [3.8, 4) is 11.5 Å². The number of rotatable bonds is 9. The van der Waals surface area contributed by atoms with Gasteiger partial charge in [0, 0.05) is 18.9 Å². The van der Waals surface area contributed by atoms with Gasteiger partial charge < -0.3 is 19.5 Å². The Morgan fingerprint density at radius 1 is 1.00 bits per heavy atom. The van der Waals surface area contributed by atoms with Crippen LogP contribution in [0, 0.1) is 0 Å². The molecule has 1 N–H and O–H groups in total. The second-order valence-electron chi connectivity index (χ2n) is 5.17. The number of benzene rings is 2. The van der Waals surface area contributed by atoms with Gasteiger partial charge in [0.25, 0.3) is 5.91 Å². The molecular weight excluding hydrogens is 306 g/mol. The summed E-state index contributed by atoms with van der Waals surface area (Å²) in [5.74, 6) is 1.04. The second-order valence-corrected chi connectivity index (χ2v) is 5.17. The van der Waals surface area contributed by atoms with Crippen LogP contribution in [0.2, 0.25) is 0 Å². The highest BCUT2D eigenvalue weighted by molar-refractivity contribution is 6.06. The highest BCUT2D eigenvalue weighted by atomic mass is 16.5. The van der Waals surface area contributed by atoms with Gasteiger partial charge in [-0.3, -0.25) is 4.79 Å². The number of carbonyl (C=O) groups is 1. The van der Waals surface area contributed by atoms with Crippen LogP contribution in [0.5, 0.6) is 11.5 Å². The van der Waals surface area contributed by atoms with Crippen molar-refractivity contribution < 1.29 is 19.0 Å². The first kappa shape index (κ1) is 17.8. The molecule has 0 bridgehead atoms. The van der Waals surface area contributed by atoms with E-state index in [0.717, 1.165) is 12.2 Å². The zero-order valence-electron chi connectivity index (χ0n) is 14.1. The fraction of sp³-hybridized carbons (Fsp3) is 0.316. The number of anilines is 1. The SMILES string of the molecule is CCCOc1cccc(NC(=O)c2ccccc2OCCOC)c1. The quantitative estimate of drug-likeness (QED) is 0.712. The fourth-order valence-electron chi connectivity index (χ4n) is 2.10. The van der Waals surface area contributed by atoms with E-state index in [2.05, 4.69) is 5.32 Å². The molecule has 0 aliphatic carbocycles. The maximum Gasteiger partial charge on any atom is 0.259 e. The van der Waals surface area contributed by atoms with Gasteiger partial charge in [-0.15, -0.1) is 0 Å². The normalized spacial score (nSPS) is 10.2. The standard InChI is InChI=1S/C19H23NO4/c1-3-11-23-16-8-6-7-15(14-16)20-19(21)17-9-4-5-10-18(17)24-13-12-22-2/h4-10,14H,3,11-13H2,1-2H3,(H,20,21). The van der Waals surface area contributed by atoms with Crippen molar-refractivity contribution in [3.63, 3.8) is 0 Å². The van der Waals surface area contributed by atoms with Gasteiger partial charge in [0.05, 0.1) is 18.8 Å². The van der Waals surface area contributed by atoms with Crippen LogP contribution in [0.25, 0.3) is 0 Å². The molecule has 0 heterocycles. The summed E-state index contributed by atoms with van der Waals surface area (Å²) in [5.41, 5.74) is 1.16. The molecule has 0 fully saturated rings. The van der Waals surface area contributed by atoms with Crippen LogP contribution in [0.3, 0.4) is 0 Å². The smallest absolute Gasteiger partial charge is 0.259 e. The summed E-state index contributed by atoms with van der Waals surface area (Å²) in [5, 5.41) is 2.88. The molecule has 0 aliphatic rings. The Balaban J connectivity index is 2.07. The average Bonchev–Trinajstić information content (AvgIpc) is 2.61. The van der Waals surface area contributed by atoms with Gasteiger partial charge in [0.15, 0.2) is 0 Å². The number of hydrogen-bond donors (Lipinski definition) is 1. The summed E-state index contributed by atoms with van der Waals surface area (Å²) in [7, 11) is 1.61. The van der Waals surface area contributed by atoms with Crippen molar-refractivity contribution in [1.82, 2.24) is 0 Å². The summed E-state index contributed by atoms with van der Waals surface area (Å²) < 4.78 is 16.2. The van der Waals surface area contributed by atoms with Gasteiger partial charge in [-0.25, -0.2) is 0 Å². The van der Waals surface area contributed by atoms with Gasteiger partial charge >= 0.3 is 0 Å². The highest BCUT2D eigenvalue weighted by Gasteiger charge is 2.12. The lowest BCUT2D eigenvalue weighted by molar-refractivity contribution is 0.101. The van der Waals surface area contributed by atoms with Crippen LogP contribution in [0.1, 0.15) is 23.7 Å². The Kier molecular flexibility index (Phi) is 7.11. The van der Waals surface area contributed by atoms with Gasteiger partial charge in [-0.2, -0.15) is 0 Å². The third-order valence-corrected chi connectivity index (χ3v) is 3.24.